The molecule has 0 amide bonds. The first kappa shape index (κ1) is 23.0. The molecular formula is C22H34IN7. The topological polar surface area (TPSA) is 70.4 Å². The zero-order valence-electron chi connectivity index (χ0n) is 17.9. The molecule has 2 aliphatic rings. The molecule has 1 aromatic heterocycles. The molecule has 4 rings (SSSR count). The monoisotopic (exact) mass is 523 g/mol. The quantitative estimate of drug-likeness (QED) is 0.332. The minimum atomic E-state index is 0. The molecule has 0 radical (unpaired) electrons. The maximum Gasteiger partial charge on any atom is 0.191 e. The molecule has 3 heterocycles. The van der Waals surface area contributed by atoms with Crippen LogP contribution < -0.4 is 10.6 Å². The third-order valence-electron chi connectivity index (χ3n) is 5.89. The highest BCUT2D eigenvalue weighted by molar-refractivity contribution is 14.0. The Morgan fingerprint density at radius 2 is 1.80 bits per heavy atom. The van der Waals surface area contributed by atoms with Crippen LogP contribution in [0.4, 0.5) is 0 Å². The number of fused-ring (bicyclic) bond motifs is 1. The average Bonchev–Trinajstić information content (AvgIpc) is 3.43. The average molecular weight is 523 g/mol. The molecule has 0 bridgehead atoms. The van der Waals surface area contributed by atoms with Gasteiger partial charge in [-0.15, -0.1) is 34.2 Å². The van der Waals surface area contributed by atoms with Crippen molar-refractivity contribution in [3.63, 3.8) is 0 Å². The maximum atomic E-state index is 4.81. The summed E-state index contributed by atoms with van der Waals surface area (Å²) in [6, 6.07) is 11.2. The first-order valence-corrected chi connectivity index (χ1v) is 11.1. The molecule has 0 aliphatic carbocycles. The third kappa shape index (κ3) is 5.72. The van der Waals surface area contributed by atoms with Crippen LogP contribution in [0.2, 0.25) is 0 Å². The van der Waals surface area contributed by atoms with Crippen LogP contribution in [-0.4, -0.2) is 51.8 Å². The Morgan fingerprint density at radius 1 is 1.03 bits per heavy atom. The van der Waals surface area contributed by atoms with Gasteiger partial charge in [0.1, 0.15) is 12.4 Å². The largest absolute Gasteiger partial charge is 0.357 e. The van der Waals surface area contributed by atoms with Gasteiger partial charge in [0.15, 0.2) is 11.8 Å². The summed E-state index contributed by atoms with van der Waals surface area (Å²) < 4.78 is 2.24. The maximum absolute atomic E-state index is 4.81. The van der Waals surface area contributed by atoms with Crippen molar-refractivity contribution in [3.8, 4) is 0 Å². The van der Waals surface area contributed by atoms with E-state index in [0.29, 0.717) is 12.6 Å². The normalized spacial score (nSPS) is 17.8. The van der Waals surface area contributed by atoms with Gasteiger partial charge in [0.25, 0.3) is 0 Å². The number of benzene rings is 1. The number of guanidine groups is 1. The molecular weight excluding hydrogens is 489 g/mol. The van der Waals surface area contributed by atoms with Crippen molar-refractivity contribution in [2.24, 2.45) is 4.99 Å². The lowest BCUT2D eigenvalue weighted by molar-refractivity contribution is 0.245. The summed E-state index contributed by atoms with van der Waals surface area (Å²) in [5.41, 5.74) is 1.37. The molecule has 1 fully saturated rings. The fraction of sp³-hybridized carbons (Fsp3) is 0.591. The van der Waals surface area contributed by atoms with Gasteiger partial charge in [-0.1, -0.05) is 30.3 Å². The van der Waals surface area contributed by atoms with Gasteiger partial charge in [-0.3, -0.25) is 4.90 Å². The molecule has 1 atom stereocenters. The van der Waals surface area contributed by atoms with Crippen LogP contribution >= 0.6 is 24.0 Å². The van der Waals surface area contributed by atoms with E-state index >= 15 is 0 Å². The van der Waals surface area contributed by atoms with Crippen LogP contribution in [0.25, 0.3) is 0 Å². The van der Waals surface area contributed by atoms with Gasteiger partial charge < -0.3 is 15.2 Å². The van der Waals surface area contributed by atoms with Crippen LogP contribution in [0.15, 0.2) is 35.3 Å². The molecule has 2 aromatic rings. The molecule has 1 saturated heterocycles. The van der Waals surface area contributed by atoms with E-state index in [-0.39, 0.29) is 24.0 Å². The fourth-order valence-corrected chi connectivity index (χ4v) is 4.36. The van der Waals surface area contributed by atoms with Crippen LogP contribution in [0.5, 0.6) is 0 Å². The predicted octanol–water partition coefficient (Wildman–Crippen LogP) is 3.12. The highest BCUT2D eigenvalue weighted by atomic mass is 127. The summed E-state index contributed by atoms with van der Waals surface area (Å²) in [7, 11) is 0. The highest BCUT2D eigenvalue weighted by Gasteiger charge is 2.23. The van der Waals surface area contributed by atoms with Gasteiger partial charge in [-0.05, 0) is 51.3 Å². The fourth-order valence-electron chi connectivity index (χ4n) is 4.36. The Hall–Kier alpha value is -1.68. The number of rotatable bonds is 7. The number of hydrogen-bond donors (Lipinski definition) is 2. The number of nitrogens with one attached hydrogen (secondary N) is 2. The lowest BCUT2D eigenvalue weighted by atomic mass is 10.1. The van der Waals surface area contributed by atoms with E-state index in [9.17, 15) is 0 Å². The van der Waals surface area contributed by atoms with Gasteiger partial charge in [-0.2, -0.15) is 0 Å². The smallest absolute Gasteiger partial charge is 0.191 e. The standard InChI is InChI=1S/C22H33N7.HI/c1-2-23-22(25-17-21-27-26-20-12-6-7-15-29(20)21)24-16-19(28-13-8-9-14-28)18-10-4-3-5-11-18;/h3-5,10-11,19H,2,6-9,12-17H2,1H3,(H2,23,24,25);1H. The second kappa shape index (κ2) is 11.6. The SMILES string of the molecule is CCNC(=NCc1nnc2n1CCCC2)NCC(c1ccccc1)N1CCCC1.I. The third-order valence-corrected chi connectivity index (χ3v) is 5.89. The van der Waals surface area contributed by atoms with Crippen LogP contribution in [0.1, 0.15) is 55.9 Å². The number of nitrogens with zero attached hydrogens (tertiary/aromatic N) is 5. The Balaban J connectivity index is 0.00000256. The molecule has 7 nitrogen and oxygen atoms in total. The summed E-state index contributed by atoms with van der Waals surface area (Å²) >= 11 is 0. The predicted molar refractivity (Wildman–Crippen MR) is 131 cm³/mol. The van der Waals surface area contributed by atoms with Gasteiger partial charge in [-0.25, -0.2) is 4.99 Å². The van der Waals surface area contributed by atoms with E-state index in [2.05, 4.69) is 67.6 Å². The molecule has 2 N–H and O–H groups in total. The second-order valence-corrected chi connectivity index (χ2v) is 7.89. The number of likely N-dealkylation sites (tertiary alicyclic amines) is 1. The summed E-state index contributed by atoms with van der Waals surface area (Å²) in [5.74, 6) is 2.93. The van der Waals surface area contributed by atoms with E-state index in [0.717, 1.165) is 43.7 Å². The van der Waals surface area contributed by atoms with Crippen molar-refractivity contribution in [2.45, 2.75) is 58.2 Å². The highest BCUT2D eigenvalue weighted by Crippen LogP contribution is 2.24. The van der Waals surface area contributed by atoms with E-state index in [1.807, 2.05) is 0 Å². The number of aryl methyl sites for hydroxylation is 1. The lowest BCUT2D eigenvalue weighted by Gasteiger charge is -2.29. The second-order valence-electron chi connectivity index (χ2n) is 7.89. The first-order valence-electron chi connectivity index (χ1n) is 11.1. The Labute approximate surface area is 196 Å². The molecule has 1 aromatic carbocycles. The van der Waals surface area contributed by atoms with E-state index in [1.165, 1.54) is 44.3 Å². The molecule has 1 unspecified atom stereocenters. The van der Waals surface area contributed by atoms with E-state index in [1.54, 1.807) is 0 Å². The van der Waals surface area contributed by atoms with Crippen LogP contribution in [0.3, 0.4) is 0 Å². The Kier molecular flexibility index (Phi) is 8.92. The van der Waals surface area contributed by atoms with Crippen molar-refractivity contribution < 1.29 is 0 Å². The summed E-state index contributed by atoms with van der Waals surface area (Å²) in [6.07, 6.45) is 6.02. The number of hydrogen-bond acceptors (Lipinski definition) is 4. The summed E-state index contributed by atoms with van der Waals surface area (Å²) in [5, 5.41) is 15.7. The lowest BCUT2D eigenvalue weighted by Crippen LogP contribution is -2.42. The van der Waals surface area contributed by atoms with Crippen molar-refractivity contribution in [2.75, 3.05) is 26.2 Å². The first-order chi connectivity index (χ1) is 14.3. The van der Waals surface area contributed by atoms with Gasteiger partial charge in [0.2, 0.25) is 0 Å². The van der Waals surface area contributed by atoms with Crippen LogP contribution in [-0.2, 0) is 19.5 Å². The van der Waals surface area contributed by atoms with Gasteiger partial charge in [0.05, 0.1) is 6.04 Å². The Bertz CT molecular complexity index is 799. The zero-order valence-corrected chi connectivity index (χ0v) is 20.2. The zero-order chi connectivity index (χ0) is 19.9. The van der Waals surface area contributed by atoms with Gasteiger partial charge in [0, 0.05) is 26.1 Å². The van der Waals surface area contributed by atoms with Crippen molar-refractivity contribution in [1.82, 2.24) is 30.3 Å². The molecule has 30 heavy (non-hydrogen) atoms. The summed E-state index contributed by atoms with van der Waals surface area (Å²) in [6.45, 7) is 7.69. The molecule has 0 saturated carbocycles. The van der Waals surface area contributed by atoms with Gasteiger partial charge >= 0.3 is 0 Å². The van der Waals surface area contributed by atoms with Crippen molar-refractivity contribution in [1.29, 1.82) is 0 Å². The number of halogens is 1. The molecule has 2 aliphatic heterocycles. The minimum Gasteiger partial charge on any atom is -0.357 e. The van der Waals surface area contributed by atoms with Crippen molar-refractivity contribution >= 4 is 29.9 Å². The number of aliphatic imine (C=N–C) groups is 1. The minimum absolute atomic E-state index is 0. The van der Waals surface area contributed by atoms with Crippen molar-refractivity contribution in [3.05, 3.63) is 47.5 Å². The van der Waals surface area contributed by atoms with E-state index < -0.39 is 0 Å². The molecule has 0 spiro atoms. The molecule has 8 heteroatoms. The number of aromatic nitrogens is 3. The van der Waals surface area contributed by atoms with E-state index in [4.69, 9.17) is 4.99 Å². The molecule has 164 valence electrons. The summed E-state index contributed by atoms with van der Waals surface area (Å²) in [4.78, 5) is 7.39. The van der Waals surface area contributed by atoms with Crippen LogP contribution in [0, 0.1) is 0 Å². The Morgan fingerprint density at radius 3 is 2.57 bits per heavy atom.